The third-order valence-electron chi connectivity index (χ3n) is 5.74. The van der Waals surface area contributed by atoms with Crippen LogP contribution in [0.3, 0.4) is 0 Å². The van der Waals surface area contributed by atoms with Gasteiger partial charge >= 0.3 is 11.9 Å². The quantitative estimate of drug-likeness (QED) is 0.125. The van der Waals surface area contributed by atoms with Crippen LogP contribution in [-0.2, 0) is 24.0 Å². The van der Waals surface area contributed by atoms with Crippen molar-refractivity contribution < 1.29 is 34.2 Å². The fourth-order valence-corrected chi connectivity index (χ4v) is 3.31. The number of amides is 3. The molecule has 0 aromatic heterocycles. The number of nitrogens with one attached hydrogen (secondary N) is 3. The standard InChI is InChI=1S/C23H43N5O7/c1-5-14(4)19(25)22(33)28-17(12-13(2)3)21(32)26-15(8-6-7-11-24)20(31)27-16(23(34)35)9-10-18(29)30/h13-17,19H,5-12,24-25H2,1-4H3,(H,26,32)(H,27,31)(H,28,33)(H,29,30)(H,34,35). The van der Waals surface area contributed by atoms with Crippen molar-refractivity contribution in [3.8, 4) is 0 Å². The Balaban J connectivity index is 5.56. The summed E-state index contributed by atoms with van der Waals surface area (Å²) in [5, 5.41) is 25.8. The van der Waals surface area contributed by atoms with Crippen molar-refractivity contribution in [2.24, 2.45) is 23.3 Å². The minimum atomic E-state index is -1.42. The van der Waals surface area contributed by atoms with Crippen molar-refractivity contribution in [2.75, 3.05) is 6.54 Å². The molecule has 0 aliphatic heterocycles. The number of carboxylic acid groups (broad SMARTS) is 2. The molecule has 9 N–H and O–H groups in total. The van der Waals surface area contributed by atoms with E-state index in [0.29, 0.717) is 32.2 Å². The molecular formula is C23H43N5O7. The molecule has 0 aromatic carbocycles. The summed E-state index contributed by atoms with van der Waals surface area (Å²) in [5.41, 5.74) is 11.5. The number of unbranched alkanes of at least 4 members (excludes halogenated alkanes) is 1. The molecule has 3 amide bonds. The van der Waals surface area contributed by atoms with E-state index in [1.165, 1.54) is 0 Å². The van der Waals surface area contributed by atoms with Gasteiger partial charge in [0.05, 0.1) is 6.04 Å². The molecule has 0 spiro atoms. The fourth-order valence-electron chi connectivity index (χ4n) is 3.31. The van der Waals surface area contributed by atoms with Crippen LogP contribution in [0.5, 0.6) is 0 Å². The summed E-state index contributed by atoms with van der Waals surface area (Å²) < 4.78 is 0. The molecule has 0 aromatic rings. The zero-order valence-electron chi connectivity index (χ0n) is 21.2. The Hall–Kier alpha value is -2.73. The van der Waals surface area contributed by atoms with Gasteiger partial charge in [0.1, 0.15) is 18.1 Å². The van der Waals surface area contributed by atoms with Crippen molar-refractivity contribution in [2.45, 2.75) is 96.8 Å². The lowest BCUT2D eigenvalue weighted by molar-refractivity contribution is -0.143. The lowest BCUT2D eigenvalue weighted by Crippen LogP contribution is -2.57. The van der Waals surface area contributed by atoms with Crippen molar-refractivity contribution in [1.82, 2.24) is 16.0 Å². The van der Waals surface area contributed by atoms with Gasteiger partial charge in [-0.2, -0.15) is 0 Å². The van der Waals surface area contributed by atoms with E-state index in [2.05, 4.69) is 16.0 Å². The molecule has 12 heteroatoms. The highest BCUT2D eigenvalue weighted by atomic mass is 16.4. The van der Waals surface area contributed by atoms with Crippen LogP contribution in [0.4, 0.5) is 0 Å². The molecule has 0 aliphatic rings. The number of rotatable bonds is 18. The van der Waals surface area contributed by atoms with E-state index in [-0.39, 0.29) is 24.7 Å². The molecule has 0 heterocycles. The smallest absolute Gasteiger partial charge is 0.326 e. The molecule has 0 bridgehead atoms. The molecule has 202 valence electrons. The van der Waals surface area contributed by atoms with Crippen LogP contribution in [0.2, 0.25) is 0 Å². The third-order valence-corrected chi connectivity index (χ3v) is 5.74. The van der Waals surface area contributed by atoms with Crippen LogP contribution in [-0.4, -0.2) is 70.6 Å². The van der Waals surface area contributed by atoms with Crippen LogP contribution in [0.25, 0.3) is 0 Å². The molecule has 5 atom stereocenters. The van der Waals surface area contributed by atoms with Crippen LogP contribution in [0.15, 0.2) is 0 Å². The van der Waals surface area contributed by atoms with Crippen LogP contribution >= 0.6 is 0 Å². The fraction of sp³-hybridized carbons (Fsp3) is 0.783. The molecule has 5 unspecified atom stereocenters. The Morgan fingerprint density at radius 1 is 0.800 bits per heavy atom. The number of aliphatic carboxylic acids is 2. The van der Waals surface area contributed by atoms with Gasteiger partial charge in [-0.25, -0.2) is 4.79 Å². The summed E-state index contributed by atoms with van der Waals surface area (Å²) in [5.74, 6) is -4.43. The Bertz CT molecular complexity index is 716. The van der Waals surface area contributed by atoms with Crippen molar-refractivity contribution >= 4 is 29.7 Å². The molecular weight excluding hydrogens is 458 g/mol. The zero-order chi connectivity index (χ0) is 27.1. The van der Waals surface area contributed by atoms with E-state index in [1.54, 1.807) is 0 Å². The molecule has 0 fully saturated rings. The minimum absolute atomic E-state index is 0.0443. The second kappa shape index (κ2) is 16.8. The minimum Gasteiger partial charge on any atom is -0.481 e. The second-order valence-electron chi connectivity index (χ2n) is 9.28. The van der Waals surface area contributed by atoms with Crippen molar-refractivity contribution in [1.29, 1.82) is 0 Å². The summed E-state index contributed by atoms with van der Waals surface area (Å²) in [4.78, 5) is 60.8. The number of carboxylic acids is 2. The van der Waals surface area contributed by atoms with E-state index < -0.39 is 60.2 Å². The number of carbonyl (C=O) groups excluding carboxylic acids is 3. The summed E-state index contributed by atoms with van der Waals surface area (Å²) in [6.45, 7) is 7.88. The molecule has 35 heavy (non-hydrogen) atoms. The van der Waals surface area contributed by atoms with Crippen LogP contribution in [0, 0.1) is 11.8 Å². The first-order valence-corrected chi connectivity index (χ1v) is 12.1. The second-order valence-corrected chi connectivity index (χ2v) is 9.28. The summed E-state index contributed by atoms with van der Waals surface area (Å²) in [6.07, 6.45) is 1.50. The maximum absolute atomic E-state index is 13.1. The van der Waals surface area contributed by atoms with Gasteiger partial charge in [-0.3, -0.25) is 19.2 Å². The first-order valence-electron chi connectivity index (χ1n) is 12.1. The largest absolute Gasteiger partial charge is 0.481 e. The lowest BCUT2D eigenvalue weighted by Gasteiger charge is -2.27. The number of nitrogens with two attached hydrogens (primary N) is 2. The van der Waals surface area contributed by atoms with Crippen molar-refractivity contribution in [3.05, 3.63) is 0 Å². The van der Waals surface area contributed by atoms with E-state index in [0.717, 1.165) is 0 Å². The maximum atomic E-state index is 13.1. The highest BCUT2D eigenvalue weighted by Gasteiger charge is 2.31. The van der Waals surface area contributed by atoms with Crippen LogP contribution in [0.1, 0.15) is 72.6 Å². The average Bonchev–Trinajstić information content (AvgIpc) is 2.78. The Kier molecular flexibility index (Phi) is 15.5. The monoisotopic (exact) mass is 501 g/mol. The van der Waals surface area contributed by atoms with Gasteiger partial charge in [0.15, 0.2) is 0 Å². The number of hydrogen-bond donors (Lipinski definition) is 7. The topological polar surface area (TPSA) is 214 Å². The van der Waals surface area contributed by atoms with Gasteiger partial charge in [0.2, 0.25) is 17.7 Å². The van der Waals surface area contributed by atoms with Gasteiger partial charge in [0.25, 0.3) is 0 Å². The number of carbonyl (C=O) groups is 5. The summed E-state index contributed by atoms with van der Waals surface area (Å²) in [7, 11) is 0. The first-order chi connectivity index (χ1) is 16.3. The third kappa shape index (κ3) is 13.1. The van der Waals surface area contributed by atoms with Gasteiger partial charge in [-0.05, 0) is 50.5 Å². The van der Waals surface area contributed by atoms with E-state index in [4.69, 9.17) is 16.6 Å². The Morgan fingerprint density at radius 3 is 1.83 bits per heavy atom. The van der Waals surface area contributed by atoms with Gasteiger partial charge < -0.3 is 37.6 Å². The van der Waals surface area contributed by atoms with Gasteiger partial charge in [-0.1, -0.05) is 34.1 Å². The predicted molar refractivity (Wildman–Crippen MR) is 130 cm³/mol. The average molecular weight is 502 g/mol. The molecule has 0 saturated carbocycles. The molecule has 0 aliphatic carbocycles. The normalized spacial score (nSPS) is 15.4. The molecule has 0 rings (SSSR count). The lowest BCUT2D eigenvalue weighted by atomic mass is 9.97. The van der Waals surface area contributed by atoms with E-state index in [1.807, 2.05) is 27.7 Å². The summed E-state index contributed by atoms with van der Waals surface area (Å²) >= 11 is 0. The maximum Gasteiger partial charge on any atom is 0.326 e. The SMILES string of the molecule is CCC(C)C(N)C(=O)NC(CC(C)C)C(=O)NC(CCCCN)C(=O)NC(CCC(=O)O)C(=O)O. The molecule has 0 saturated heterocycles. The first kappa shape index (κ1) is 32.3. The van der Waals surface area contributed by atoms with Gasteiger partial charge in [0, 0.05) is 6.42 Å². The van der Waals surface area contributed by atoms with E-state index >= 15 is 0 Å². The molecule has 12 nitrogen and oxygen atoms in total. The number of hydrogen-bond acceptors (Lipinski definition) is 7. The highest BCUT2D eigenvalue weighted by Crippen LogP contribution is 2.10. The van der Waals surface area contributed by atoms with Crippen molar-refractivity contribution in [3.63, 3.8) is 0 Å². The van der Waals surface area contributed by atoms with Crippen LogP contribution < -0.4 is 27.4 Å². The Labute approximate surface area is 206 Å². The van der Waals surface area contributed by atoms with E-state index in [9.17, 15) is 29.1 Å². The van der Waals surface area contributed by atoms with Gasteiger partial charge in [-0.15, -0.1) is 0 Å². The highest BCUT2D eigenvalue weighted by molar-refractivity contribution is 5.94. The predicted octanol–water partition coefficient (Wildman–Crippen LogP) is -0.0613. The molecule has 0 radical (unpaired) electrons. The zero-order valence-corrected chi connectivity index (χ0v) is 21.2. The Morgan fingerprint density at radius 2 is 1.34 bits per heavy atom. The summed E-state index contributed by atoms with van der Waals surface area (Å²) in [6, 6.07) is -4.25.